The molecule has 2 fully saturated rings. The Bertz CT molecular complexity index is 1040. The van der Waals surface area contributed by atoms with Gasteiger partial charge in [-0.3, -0.25) is 14.6 Å². The minimum absolute atomic E-state index is 0.154. The molecule has 0 spiro atoms. The highest BCUT2D eigenvalue weighted by atomic mass is 35.5. The molecule has 1 heterocycles. The van der Waals surface area contributed by atoms with Crippen molar-refractivity contribution in [1.29, 1.82) is 0 Å². The number of halogens is 4. The molecule has 1 saturated carbocycles. The zero-order valence-electron chi connectivity index (χ0n) is 20.2. The van der Waals surface area contributed by atoms with E-state index in [0.717, 1.165) is 13.1 Å². The smallest absolute Gasteiger partial charge is 0.269 e. The number of alkyl halides is 2. The van der Waals surface area contributed by atoms with Crippen molar-refractivity contribution >= 4 is 17.5 Å². The van der Waals surface area contributed by atoms with E-state index in [0.29, 0.717) is 42.6 Å². The van der Waals surface area contributed by atoms with Crippen LogP contribution in [0.5, 0.6) is 0 Å². The fourth-order valence-electron chi connectivity index (χ4n) is 5.33. The van der Waals surface area contributed by atoms with Gasteiger partial charge in [-0.25, -0.2) is 13.2 Å². The van der Waals surface area contributed by atoms with Crippen LogP contribution < -0.4 is 5.32 Å². The molecule has 1 saturated heterocycles. The number of nitrogens with zero attached hydrogens (tertiary/aromatic N) is 2. The fourth-order valence-corrected chi connectivity index (χ4v) is 5.57. The van der Waals surface area contributed by atoms with Gasteiger partial charge in [0.15, 0.2) is 0 Å². The fraction of sp³-hybridized carbons (Fsp3) is 0.519. The van der Waals surface area contributed by atoms with Gasteiger partial charge in [-0.05, 0) is 38.3 Å². The SMILES string of the molecule is CC(C)N1CCN([C@H]2CCCC(F)(F)[C@@H]2NC(=O)Cc2cccc(-c3ccccc3Cl)c2F)CC1. The number of hydrogen-bond acceptors (Lipinski definition) is 3. The lowest BCUT2D eigenvalue weighted by atomic mass is 9.85. The van der Waals surface area contributed by atoms with Crippen molar-refractivity contribution in [2.24, 2.45) is 0 Å². The third-order valence-electron chi connectivity index (χ3n) is 7.31. The van der Waals surface area contributed by atoms with Crippen LogP contribution in [-0.2, 0) is 11.2 Å². The Morgan fingerprint density at radius 1 is 1.09 bits per heavy atom. The highest BCUT2D eigenvalue weighted by Gasteiger charge is 2.49. The Kier molecular flexibility index (Phi) is 8.09. The molecule has 1 aliphatic carbocycles. The van der Waals surface area contributed by atoms with Crippen LogP contribution >= 0.6 is 11.6 Å². The molecule has 35 heavy (non-hydrogen) atoms. The van der Waals surface area contributed by atoms with Crippen LogP contribution in [0.3, 0.4) is 0 Å². The zero-order valence-corrected chi connectivity index (χ0v) is 21.0. The van der Waals surface area contributed by atoms with Gasteiger partial charge in [-0.15, -0.1) is 0 Å². The van der Waals surface area contributed by atoms with Gasteiger partial charge in [-0.1, -0.05) is 48.0 Å². The molecule has 2 aromatic rings. The van der Waals surface area contributed by atoms with Crippen molar-refractivity contribution < 1.29 is 18.0 Å². The molecule has 0 radical (unpaired) electrons. The van der Waals surface area contributed by atoms with E-state index in [4.69, 9.17) is 11.6 Å². The van der Waals surface area contributed by atoms with Crippen LogP contribution in [0.1, 0.15) is 38.7 Å². The Morgan fingerprint density at radius 2 is 1.77 bits per heavy atom. The van der Waals surface area contributed by atoms with Crippen LogP contribution in [-0.4, -0.2) is 65.9 Å². The third kappa shape index (κ3) is 5.84. The predicted octanol–water partition coefficient (Wildman–Crippen LogP) is 5.39. The van der Waals surface area contributed by atoms with E-state index in [-0.39, 0.29) is 24.0 Å². The molecule has 1 amide bonds. The van der Waals surface area contributed by atoms with E-state index in [2.05, 4.69) is 29.0 Å². The molecule has 4 rings (SSSR count). The van der Waals surface area contributed by atoms with Gasteiger partial charge in [0.05, 0.1) is 6.42 Å². The average molecular weight is 508 g/mol. The summed E-state index contributed by atoms with van der Waals surface area (Å²) in [5.74, 6) is -4.17. The van der Waals surface area contributed by atoms with E-state index in [1.165, 1.54) is 6.07 Å². The first-order valence-electron chi connectivity index (χ1n) is 12.3. The predicted molar refractivity (Wildman–Crippen MR) is 133 cm³/mol. The van der Waals surface area contributed by atoms with Gasteiger partial charge in [0, 0.05) is 60.8 Å². The first-order chi connectivity index (χ1) is 16.7. The van der Waals surface area contributed by atoms with Gasteiger partial charge in [0.1, 0.15) is 11.9 Å². The number of carbonyl (C=O) groups is 1. The standard InChI is InChI=1S/C27H33ClF3N3O/c1-18(2)33-13-15-34(16-14-33)23-11-6-12-27(30,31)26(23)32-24(35)17-19-7-5-9-21(25(19)29)20-8-3-4-10-22(20)28/h3-5,7-10,18,23,26H,6,11-17H2,1-2H3,(H,32,35)/t23-,26+/m0/s1. The van der Waals surface area contributed by atoms with Crippen molar-refractivity contribution in [3.8, 4) is 11.1 Å². The summed E-state index contributed by atoms with van der Waals surface area (Å²) in [4.78, 5) is 17.4. The second-order valence-electron chi connectivity index (χ2n) is 9.87. The number of benzene rings is 2. The average Bonchev–Trinajstić information content (AvgIpc) is 2.82. The quantitative estimate of drug-likeness (QED) is 0.569. The maximum Gasteiger partial charge on any atom is 0.269 e. The van der Waals surface area contributed by atoms with Crippen molar-refractivity contribution in [3.05, 3.63) is 58.9 Å². The molecule has 0 aromatic heterocycles. The van der Waals surface area contributed by atoms with Gasteiger partial charge >= 0.3 is 0 Å². The summed E-state index contributed by atoms with van der Waals surface area (Å²) in [5, 5.41) is 3.00. The summed E-state index contributed by atoms with van der Waals surface area (Å²) in [6.45, 7) is 7.29. The minimum atomic E-state index is -3.01. The number of amides is 1. The molecule has 2 atom stereocenters. The number of rotatable bonds is 6. The van der Waals surface area contributed by atoms with Gasteiger partial charge in [-0.2, -0.15) is 0 Å². The van der Waals surface area contributed by atoms with Crippen molar-refractivity contribution in [3.63, 3.8) is 0 Å². The first kappa shape index (κ1) is 26.0. The largest absolute Gasteiger partial charge is 0.345 e. The molecule has 1 N–H and O–H groups in total. The lowest BCUT2D eigenvalue weighted by Crippen LogP contribution is -2.64. The maximum absolute atomic E-state index is 15.3. The van der Waals surface area contributed by atoms with Crippen LogP contribution in [0.15, 0.2) is 42.5 Å². The number of nitrogens with one attached hydrogen (secondary N) is 1. The summed E-state index contributed by atoms with van der Waals surface area (Å²) < 4.78 is 45.4. The molecule has 2 aromatic carbocycles. The molecule has 8 heteroatoms. The second-order valence-corrected chi connectivity index (χ2v) is 10.3. The van der Waals surface area contributed by atoms with Crippen molar-refractivity contribution in [2.75, 3.05) is 26.2 Å². The van der Waals surface area contributed by atoms with Crippen LogP contribution in [0.4, 0.5) is 13.2 Å². The highest BCUT2D eigenvalue weighted by Crippen LogP contribution is 2.37. The number of hydrogen-bond donors (Lipinski definition) is 1. The van der Waals surface area contributed by atoms with E-state index >= 15 is 13.2 Å². The Hall–Kier alpha value is -2.09. The Labute approximate surface area is 210 Å². The molecule has 0 unspecified atom stereocenters. The van der Waals surface area contributed by atoms with E-state index in [1.807, 2.05) is 0 Å². The number of piperazine rings is 1. The van der Waals surface area contributed by atoms with Gasteiger partial charge in [0.2, 0.25) is 5.91 Å². The molecule has 0 bridgehead atoms. The topological polar surface area (TPSA) is 35.6 Å². The maximum atomic E-state index is 15.3. The monoisotopic (exact) mass is 507 g/mol. The molecular weight excluding hydrogens is 475 g/mol. The molecule has 2 aliphatic rings. The van der Waals surface area contributed by atoms with E-state index in [1.54, 1.807) is 36.4 Å². The van der Waals surface area contributed by atoms with Gasteiger partial charge in [0.25, 0.3) is 5.92 Å². The van der Waals surface area contributed by atoms with Crippen molar-refractivity contribution in [1.82, 2.24) is 15.1 Å². The second kappa shape index (κ2) is 10.9. The summed E-state index contributed by atoms with van der Waals surface area (Å²) in [6.07, 6.45) is 0.461. The Morgan fingerprint density at radius 3 is 2.46 bits per heavy atom. The first-order valence-corrected chi connectivity index (χ1v) is 12.7. The minimum Gasteiger partial charge on any atom is -0.345 e. The van der Waals surface area contributed by atoms with Gasteiger partial charge < -0.3 is 5.32 Å². The molecule has 190 valence electrons. The zero-order chi connectivity index (χ0) is 25.2. The summed E-state index contributed by atoms with van der Waals surface area (Å²) in [6, 6.07) is 10.3. The van der Waals surface area contributed by atoms with Crippen LogP contribution in [0.2, 0.25) is 5.02 Å². The normalized spacial score (nSPS) is 23.4. The lowest BCUT2D eigenvalue weighted by molar-refractivity contribution is -0.133. The Balaban J connectivity index is 1.49. The van der Waals surface area contributed by atoms with Crippen molar-refractivity contribution in [2.45, 2.75) is 63.6 Å². The van der Waals surface area contributed by atoms with E-state index < -0.39 is 29.7 Å². The molecule has 1 aliphatic heterocycles. The molecular formula is C27H33ClF3N3O. The highest BCUT2D eigenvalue weighted by molar-refractivity contribution is 6.33. The summed E-state index contributed by atoms with van der Waals surface area (Å²) in [5.41, 5.74) is 0.958. The summed E-state index contributed by atoms with van der Waals surface area (Å²) >= 11 is 6.23. The lowest BCUT2D eigenvalue weighted by Gasteiger charge is -2.47. The van der Waals surface area contributed by atoms with Crippen LogP contribution in [0.25, 0.3) is 11.1 Å². The van der Waals surface area contributed by atoms with Crippen LogP contribution in [0, 0.1) is 5.82 Å². The molecule has 4 nitrogen and oxygen atoms in total. The third-order valence-corrected chi connectivity index (χ3v) is 7.64. The van der Waals surface area contributed by atoms with E-state index in [9.17, 15) is 4.79 Å². The summed E-state index contributed by atoms with van der Waals surface area (Å²) in [7, 11) is 0. The number of carbonyl (C=O) groups excluding carboxylic acids is 1.